The largest absolute Gasteiger partial charge is 0.309 e. The van der Waals surface area contributed by atoms with Crippen molar-refractivity contribution in [1.29, 1.82) is 5.26 Å². The lowest BCUT2D eigenvalue weighted by Gasteiger charge is -2.35. The molecule has 0 saturated carbocycles. The second kappa shape index (κ2) is 10.5. The van der Waals surface area contributed by atoms with Gasteiger partial charge in [0, 0.05) is 32.7 Å². The highest BCUT2D eigenvalue weighted by atomic mass is 35.5. The molecule has 1 N–H and O–H groups in total. The molecule has 0 amide bonds. The van der Waals surface area contributed by atoms with Crippen molar-refractivity contribution in [1.82, 2.24) is 10.2 Å². The lowest BCUT2D eigenvalue weighted by atomic mass is 9.91. The molecule has 1 heterocycles. The fourth-order valence-electron chi connectivity index (χ4n) is 4.14. The molecule has 2 aromatic rings. The van der Waals surface area contributed by atoms with E-state index in [2.05, 4.69) is 60.5 Å². The molecule has 0 aliphatic carbocycles. The SMILES string of the molecule is CC1CC(C)CN(Cc2ccccc2CNCc2cccc(C#N)c2)C1.Cl. The fourth-order valence-corrected chi connectivity index (χ4v) is 4.14. The van der Waals surface area contributed by atoms with E-state index in [0.29, 0.717) is 0 Å². The van der Waals surface area contributed by atoms with E-state index in [1.165, 1.54) is 30.6 Å². The number of likely N-dealkylation sites (tertiary alicyclic amines) is 1. The third-order valence-corrected chi connectivity index (χ3v) is 5.16. The lowest BCUT2D eigenvalue weighted by molar-refractivity contribution is 0.134. The normalized spacial score (nSPS) is 19.9. The molecule has 3 rings (SSSR count). The van der Waals surface area contributed by atoms with Crippen molar-refractivity contribution in [3.63, 3.8) is 0 Å². The van der Waals surface area contributed by atoms with Crippen LogP contribution in [0.15, 0.2) is 48.5 Å². The summed E-state index contributed by atoms with van der Waals surface area (Å²) in [5, 5.41) is 12.6. The van der Waals surface area contributed by atoms with Gasteiger partial charge in [-0.3, -0.25) is 4.90 Å². The van der Waals surface area contributed by atoms with Crippen molar-refractivity contribution in [2.24, 2.45) is 11.8 Å². The van der Waals surface area contributed by atoms with Crippen LogP contribution in [-0.2, 0) is 19.6 Å². The Morgan fingerprint density at radius 1 is 1.00 bits per heavy atom. The molecule has 0 bridgehead atoms. The molecule has 2 atom stereocenters. The summed E-state index contributed by atoms with van der Waals surface area (Å²) in [6, 6.07) is 18.8. The average Bonchev–Trinajstić information content (AvgIpc) is 2.62. The summed E-state index contributed by atoms with van der Waals surface area (Å²) >= 11 is 0. The molecule has 3 nitrogen and oxygen atoms in total. The van der Waals surface area contributed by atoms with E-state index in [1.807, 2.05) is 18.2 Å². The number of rotatable bonds is 6. The van der Waals surface area contributed by atoms with Crippen LogP contribution in [-0.4, -0.2) is 18.0 Å². The van der Waals surface area contributed by atoms with E-state index in [4.69, 9.17) is 5.26 Å². The Morgan fingerprint density at radius 2 is 1.70 bits per heavy atom. The molecule has 144 valence electrons. The fraction of sp³-hybridized carbons (Fsp3) is 0.435. The summed E-state index contributed by atoms with van der Waals surface area (Å²) in [6.07, 6.45) is 1.35. The minimum Gasteiger partial charge on any atom is -0.309 e. The first-order valence-corrected chi connectivity index (χ1v) is 9.63. The monoisotopic (exact) mass is 383 g/mol. The van der Waals surface area contributed by atoms with Gasteiger partial charge in [-0.1, -0.05) is 50.2 Å². The van der Waals surface area contributed by atoms with Crippen molar-refractivity contribution in [2.75, 3.05) is 13.1 Å². The van der Waals surface area contributed by atoms with Crippen molar-refractivity contribution >= 4 is 12.4 Å². The smallest absolute Gasteiger partial charge is 0.0991 e. The number of nitrogens with zero attached hydrogens (tertiary/aromatic N) is 2. The van der Waals surface area contributed by atoms with E-state index in [-0.39, 0.29) is 12.4 Å². The van der Waals surface area contributed by atoms with Gasteiger partial charge in [0.05, 0.1) is 11.6 Å². The van der Waals surface area contributed by atoms with Crippen molar-refractivity contribution in [2.45, 2.75) is 39.9 Å². The average molecular weight is 384 g/mol. The minimum absolute atomic E-state index is 0. The molecular formula is C23H30ClN3. The van der Waals surface area contributed by atoms with Crippen LogP contribution in [0.5, 0.6) is 0 Å². The molecule has 0 aromatic heterocycles. The Balaban J connectivity index is 0.00000261. The van der Waals surface area contributed by atoms with Crippen LogP contribution in [0.3, 0.4) is 0 Å². The van der Waals surface area contributed by atoms with Crippen LogP contribution in [0.2, 0.25) is 0 Å². The molecule has 1 fully saturated rings. The highest BCUT2D eigenvalue weighted by Gasteiger charge is 2.22. The number of piperidine rings is 1. The molecule has 1 saturated heterocycles. The zero-order valence-electron chi connectivity index (χ0n) is 16.3. The number of nitriles is 1. The van der Waals surface area contributed by atoms with Gasteiger partial charge in [-0.05, 0) is 47.1 Å². The maximum atomic E-state index is 9.02. The summed E-state index contributed by atoms with van der Waals surface area (Å²) in [6.45, 7) is 9.81. The van der Waals surface area contributed by atoms with Gasteiger partial charge in [-0.2, -0.15) is 5.26 Å². The highest BCUT2D eigenvalue weighted by Crippen LogP contribution is 2.23. The maximum Gasteiger partial charge on any atom is 0.0991 e. The van der Waals surface area contributed by atoms with Gasteiger partial charge in [-0.15, -0.1) is 12.4 Å². The van der Waals surface area contributed by atoms with E-state index < -0.39 is 0 Å². The van der Waals surface area contributed by atoms with Gasteiger partial charge in [0.25, 0.3) is 0 Å². The highest BCUT2D eigenvalue weighted by molar-refractivity contribution is 5.85. The van der Waals surface area contributed by atoms with Crippen LogP contribution in [0.25, 0.3) is 0 Å². The lowest BCUT2D eigenvalue weighted by Crippen LogP contribution is -2.38. The van der Waals surface area contributed by atoms with E-state index >= 15 is 0 Å². The zero-order chi connectivity index (χ0) is 18.4. The Kier molecular flexibility index (Phi) is 8.31. The quantitative estimate of drug-likeness (QED) is 0.782. The Bertz CT molecular complexity index is 758. The second-order valence-electron chi connectivity index (χ2n) is 7.82. The van der Waals surface area contributed by atoms with Crippen molar-refractivity contribution in [3.05, 3.63) is 70.8 Å². The second-order valence-corrected chi connectivity index (χ2v) is 7.82. The molecule has 1 aliphatic heterocycles. The van der Waals surface area contributed by atoms with Gasteiger partial charge in [0.2, 0.25) is 0 Å². The van der Waals surface area contributed by atoms with Crippen LogP contribution in [0, 0.1) is 23.2 Å². The van der Waals surface area contributed by atoms with E-state index in [9.17, 15) is 0 Å². The maximum absolute atomic E-state index is 9.02. The first-order valence-electron chi connectivity index (χ1n) is 9.63. The van der Waals surface area contributed by atoms with Crippen LogP contribution >= 0.6 is 12.4 Å². The Morgan fingerprint density at radius 3 is 2.41 bits per heavy atom. The molecule has 27 heavy (non-hydrogen) atoms. The summed E-state index contributed by atoms with van der Waals surface area (Å²) in [5.41, 5.74) is 4.67. The predicted molar refractivity (Wildman–Crippen MR) is 114 cm³/mol. The minimum atomic E-state index is 0. The van der Waals surface area contributed by atoms with Crippen LogP contribution in [0.4, 0.5) is 0 Å². The third kappa shape index (κ3) is 6.36. The van der Waals surface area contributed by atoms with E-state index in [0.717, 1.165) is 42.6 Å². The standard InChI is InChI=1S/C23H29N3.ClH/c1-18-10-19(2)16-26(15-18)17-23-9-4-3-8-22(23)14-25-13-21-7-5-6-20(11-21)12-24;/h3-9,11,18-19,25H,10,13-17H2,1-2H3;1H. The molecule has 2 unspecified atom stereocenters. The zero-order valence-corrected chi connectivity index (χ0v) is 17.1. The number of hydrogen-bond donors (Lipinski definition) is 1. The van der Waals surface area contributed by atoms with Gasteiger partial charge in [-0.25, -0.2) is 0 Å². The number of nitrogens with one attached hydrogen (secondary N) is 1. The van der Waals surface area contributed by atoms with Crippen LogP contribution in [0.1, 0.15) is 42.5 Å². The number of benzene rings is 2. The predicted octanol–water partition coefficient (Wildman–Crippen LogP) is 4.75. The number of hydrogen-bond acceptors (Lipinski definition) is 3. The van der Waals surface area contributed by atoms with Crippen molar-refractivity contribution < 1.29 is 0 Å². The summed E-state index contributed by atoms with van der Waals surface area (Å²) in [4.78, 5) is 2.61. The molecular weight excluding hydrogens is 354 g/mol. The summed E-state index contributed by atoms with van der Waals surface area (Å²) in [5.74, 6) is 1.58. The Hall–Kier alpha value is -1.86. The van der Waals surface area contributed by atoms with Crippen molar-refractivity contribution in [3.8, 4) is 6.07 Å². The van der Waals surface area contributed by atoms with Gasteiger partial charge >= 0.3 is 0 Å². The van der Waals surface area contributed by atoms with Gasteiger partial charge in [0.15, 0.2) is 0 Å². The van der Waals surface area contributed by atoms with Gasteiger partial charge in [0.1, 0.15) is 0 Å². The van der Waals surface area contributed by atoms with Gasteiger partial charge < -0.3 is 5.32 Å². The first kappa shape index (κ1) is 21.4. The third-order valence-electron chi connectivity index (χ3n) is 5.16. The number of halogens is 1. The van der Waals surface area contributed by atoms with Crippen LogP contribution < -0.4 is 5.32 Å². The topological polar surface area (TPSA) is 39.1 Å². The molecule has 4 heteroatoms. The first-order chi connectivity index (χ1) is 12.6. The summed E-state index contributed by atoms with van der Waals surface area (Å²) < 4.78 is 0. The molecule has 0 radical (unpaired) electrons. The van der Waals surface area contributed by atoms with E-state index in [1.54, 1.807) is 0 Å². The molecule has 0 spiro atoms. The Labute approximate surface area is 169 Å². The molecule has 2 aromatic carbocycles. The summed E-state index contributed by atoms with van der Waals surface area (Å²) in [7, 11) is 0. The molecule has 1 aliphatic rings.